The molecule has 1 amide bonds. The van der Waals surface area contributed by atoms with E-state index in [1.165, 1.54) is 24.0 Å². The van der Waals surface area contributed by atoms with Crippen LogP contribution in [0.15, 0.2) is 18.2 Å². The molecule has 2 unspecified atom stereocenters. The predicted octanol–water partition coefficient (Wildman–Crippen LogP) is 2.92. The third-order valence-electron chi connectivity index (χ3n) is 5.07. The van der Waals surface area contributed by atoms with Gasteiger partial charge in [0, 0.05) is 30.7 Å². The molecule has 0 saturated carbocycles. The minimum atomic E-state index is 0.167. The van der Waals surface area contributed by atoms with Gasteiger partial charge in [-0.2, -0.15) is 0 Å². The van der Waals surface area contributed by atoms with Gasteiger partial charge in [-0.25, -0.2) is 0 Å². The number of aryl methyl sites for hydroxylation is 1. The summed E-state index contributed by atoms with van der Waals surface area (Å²) < 4.78 is 0. The highest BCUT2D eigenvalue weighted by molar-refractivity contribution is 5.91. The number of rotatable bonds is 5. The molecule has 2 aliphatic heterocycles. The lowest BCUT2D eigenvalue weighted by atomic mass is 9.89. The van der Waals surface area contributed by atoms with E-state index in [-0.39, 0.29) is 5.91 Å². The Bertz CT molecular complexity index is 558. The smallest absolute Gasteiger partial charge is 0.224 e. The molecule has 0 aliphatic carbocycles. The molecule has 2 atom stereocenters. The van der Waals surface area contributed by atoms with Gasteiger partial charge in [0.1, 0.15) is 0 Å². The quantitative estimate of drug-likeness (QED) is 0.878. The fourth-order valence-electron chi connectivity index (χ4n) is 4.12. The van der Waals surface area contributed by atoms with Gasteiger partial charge < -0.3 is 15.5 Å². The monoisotopic (exact) mass is 315 g/mol. The van der Waals surface area contributed by atoms with Crippen molar-refractivity contribution in [1.82, 2.24) is 10.2 Å². The molecule has 0 radical (unpaired) electrons. The molecule has 126 valence electrons. The highest BCUT2D eigenvalue weighted by atomic mass is 16.1. The van der Waals surface area contributed by atoms with Crippen molar-refractivity contribution >= 4 is 11.6 Å². The van der Waals surface area contributed by atoms with Gasteiger partial charge in [0.05, 0.1) is 0 Å². The predicted molar refractivity (Wildman–Crippen MR) is 94.5 cm³/mol. The van der Waals surface area contributed by atoms with E-state index in [0.717, 1.165) is 25.1 Å². The summed E-state index contributed by atoms with van der Waals surface area (Å²) in [6.07, 6.45) is 5.54. The molecule has 23 heavy (non-hydrogen) atoms. The molecule has 0 spiro atoms. The third-order valence-corrected chi connectivity index (χ3v) is 5.07. The lowest BCUT2D eigenvalue weighted by Gasteiger charge is -2.28. The van der Waals surface area contributed by atoms with Crippen LogP contribution in [-0.2, 0) is 11.3 Å². The van der Waals surface area contributed by atoms with Crippen LogP contribution >= 0.6 is 0 Å². The molecule has 3 rings (SSSR count). The van der Waals surface area contributed by atoms with Crippen LogP contribution in [0.4, 0.5) is 5.69 Å². The molecule has 4 nitrogen and oxygen atoms in total. The largest absolute Gasteiger partial charge is 0.326 e. The molecular weight excluding hydrogens is 286 g/mol. The number of nitrogens with zero attached hydrogens (tertiary/aromatic N) is 1. The number of carbonyl (C=O) groups is 1. The van der Waals surface area contributed by atoms with Crippen molar-refractivity contribution in [2.75, 3.05) is 19.4 Å². The molecule has 1 aromatic carbocycles. The summed E-state index contributed by atoms with van der Waals surface area (Å²) in [4.78, 5) is 14.6. The summed E-state index contributed by atoms with van der Waals surface area (Å²) in [6.45, 7) is 2.93. The van der Waals surface area contributed by atoms with Crippen LogP contribution in [0.25, 0.3) is 0 Å². The Morgan fingerprint density at radius 3 is 2.61 bits per heavy atom. The SMILES string of the molecule is Cc1ccc(NC(=O)CC2CC3CCC(C2)N3)c(CN(C)C)c1. The van der Waals surface area contributed by atoms with Crippen molar-refractivity contribution in [3.8, 4) is 0 Å². The summed E-state index contributed by atoms with van der Waals surface area (Å²) in [5, 5.41) is 6.80. The minimum Gasteiger partial charge on any atom is -0.326 e. The van der Waals surface area contributed by atoms with E-state index in [2.05, 4.69) is 48.7 Å². The Kier molecular flexibility index (Phi) is 5.02. The maximum Gasteiger partial charge on any atom is 0.224 e. The van der Waals surface area contributed by atoms with E-state index >= 15 is 0 Å². The summed E-state index contributed by atoms with van der Waals surface area (Å²) >= 11 is 0. The van der Waals surface area contributed by atoms with Gasteiger partial charge in [-0.15, -0.1) is 0 Å². The van der Waals surface area contributed by atoms with Crippen molar-refractivity contribution in [2.24, 2.45) is 5.92 Å². The summed E-state index contributed by atoms with van der Waals surface area (Å²) in [5.74, 6) is 0.705. The fourth-order valence-corrected chi connectivity index (χ4v) is 4.12. The molecule has 2 saturated heterocycles. The molecule has 2 aliphatic rings. The second kappa shape index (κ2) is 7.02. The number of nitrogens with one attached hydrogen (secondary N) is 2. The van der Waals surface area contributed by atoms with Gasteiger partial charge in [-0.3, -0.25) is 4.79 Å². The van der Waals surface area contributed by atoms with Crippen molar-refractivity contribution in [1.29, 1.82) is 0 Å². The highest BCUT2D eigenvalue weighted by Gasteiger charge is 2.34. The first-order chi connectivity index (χ1) is 11.0. The van der Waals surface area contributed by atoms with Crippen molar-refractivity contribution in [3.05, 3.63) is 29.3 Å². The van der Waals surface area contributed by atoms with Crippen LogP contribution in [0.2, 0.25) is 0 Å². The van der Waals surface area contributed by atoms with Crippen LogP contribution in [0.1, 0.15) is 43.2 Å². The van der Waals surface area contributed by atoms with Gasteiger partial charge in [0.15, 0.2) is 0 Å². The Balaban J connectivity index is 1.61. The second-order valence-corrected chi connectivity index (χ2v) is 7.63. The fraction of sp³-hybridized carbons (Fsp3) is 0.632. The van der Waals surface area contributed by atoms with E-state index < -0.39 is 0 Å². The lowest BCUT2D eigenvalue weighted by Crippen LogP contribution is -2.39. The molecule has 2 N–H and O–H groups in total. The van der Waals surface area contributed by atoms with Gasteiger partial charge in [0.2, 0.25) is 5.91 Å². The maximum atomic E-state index is 12.5. The van der Waals surface area contributed by atoms with E-state index in [0.29, 0.717) is 24.4 Å². The Morgan fingerprint density at radius 1 is 1.26 bits per heavy atom. The van der Waals surface area contributed by atoms with E-state index in [9.17, 15) is 4.79 Å². The van der Waals surface area contributed by atoms with Gasteiger partial charge in [-0.05, 0) is 64.3 Å². The Morgan fingerprint density at radius 2 is 1.96 bits per heavy atom. The zero-order valence-electron chi connectivity index (χ0n) is 14.6. The number of amides is 1. The van der Waals surface area contributed by atoms with E-state index in [1.54, 1.807) is 0 Å². The number of carbonyl (C=O) groups excluding carboxylic acids is 1. The number of piperidine rings is 1. The van der Waals surface area contributed by atoms with Crippen LogP contribution in [-0.4, -0.2) is 37.0 Å². The van der Waals surface area contributed by atoms with Crippen LogP contribution < -0.4 is 10.6 Å². The number of hydrogen-bond acceptors (Lipinski definition) is 3. The summed E-state index contributed by atoms with van der Waals surface area (Å²) in [7, 11) is 4.11. The summed E-state index contributed by atoms with van der Waals surface area (Å²) in [6, 6.07) is 7.57. The number of benzene rings is 1. The lowest BCUT2D eigenvalue weighted by molar-refractivity contribution is -0.117. The number of anilines is 1. The number of fused-ring (bicyclic) bond motifs is 2. The Hall–Kier alpha value is -1.39. The first-order valence-electron chi connectivity index (χ1n) is 8.80. The normalized spacial score (nSPS) is 26.5. The third kappa shape index (κ3) is 4.33. The molecule has 2 heterocycles. The first-order valence-corrected chi connectivity index (χ1v) is 8.80. The van der Waals surface area contributed by atoms with Crippen LogP contribution in [0, 0.1) is 12.8 Å². The van der Waals surface area contributed by atoms with Gasteiger partial charge >= 0.3 is 0 Å². The molecule has 1 aromatic rings. The zero-order valence-corrected chi connectivity index (χ0v) is 14.6. The van der Waals surface area contributed by atoms with Crippen LogP contribution in [0.3, 0.4) is 0 Å². The Labute approximate surface area is 139 Å². The van der Waals surface area contributed by atoms with E-state index in [4.69, 9.17) is 0 Å². The maximum absolute atomic E-state index is 12.5. The van der Waals surface area contributed by atoms with Gasteiger partial charge in [0.25, 0.3) is 0 Å². The molecule has 2 fully saturated rings. The molecular formula is C19H29N3O. The van der Waals surface area contributed by atoms with Crippen molar-refractivity contribution in [2.45, 2.75) is 57.7 Å². The molecule has 0 aromatic heterocycles. The summed E-state index contributed by atoms with van der Waals surface area (Å²) in [5.41, 5.74) is 3.38. The molecule has 4 heteroatoms. The topological polar surface area (TPSA) is 44.4 Å². The standard InChI is InChI=1S/C19H29N3O/c1-13-4-7-18(15(8-13)12-22(2)3)21-19(23)11-14-9-16-5-6-17(10-14)20-16/h4,7-8,14,16-17,20H,5-6,9-12H2,1-3H3,(H,21,23). The highest BCUT2D eigenvalue weighted by Crippen LogP contribution is 2.33. The first kappa shape index (κ1) is 16.5. The zero-order chi connectivity index (χ0) is 16.4. The van der Waals surface area contributed by atoms with Gasteiger partial charge in [-0.1, -0.05) is 17.7 Å². The average molecular weight is 315 g/mol. The number of hydrogen-bond donors (Lipinski definition) is 2. The average Bonchev–Trinajstić information content (AvgIpc) is 2.80. The van der Waals surface area contributed by atoms with E-state index in [1.807, 2.05) is 6.07 Å². The molecule has 2 bridgehead atoms. The minimum absolute atomic E-state index is 0.167. The second-order valence-electron chi connectivity index (χ2n) is 7.63. The van der Waals surface area contributed by atoms with Crippen molar-refractivity contribution < 1.29 is 4.79 Å². The van der Waals surface area contributed by atoms with Crippen LogP contribution in [0.5, 0.6) is 0 Å². The van der Waals surface area contributed by atoms with Crippen molar-refractivity contribution in [3.63, 3.8) is 0 Å².